The maximum absolute atomic E-state index is 13.0. The number of nitrogens with one attached hydrogen (secondary N) is 1. The topological polar surface area (TPSA) is 98.1 Å². The highest BCUT2D eigenvalue weighted by Gasteiger charge is 2.16. The largest absolute Gasteiger partial charge is 0.497 e. The quantitative estimate of drug-likeness (QED) is 0.524. The molecule has 0 saturated carbocycles. The average molecular weight is 371 g/mol. The van der Waals surface area contributed by atoms with Gasteiger partial charge in [-0.05, 0) is 35.9 Å². The van der Waals surface area contributed by atoms with Crippen molar-refractivity contribution in [2.75, 3.05) is 7.11 Å². The van der Waals surface area contributed by atoms with Gasteiger partial charge in [0.25, 0.3) is 0 Å². The summed E-state index contributed by atoms with van der Waals surface area (Å²) in [6.45, 7) is 0. The van der Waals surface area contributed by atoms with Crippen molar-refractivity contribution in [3.05, 3.63) is 83.7 Å². The molecular formula is C22H17N3O3. The van der Waals surface area contributed by atoms with E-state index in [1.807, 2.05) is 6.07 Å². The SMILES string of the molecule is COc1cccc(C(=O)c2c[nH]c3ncc(-c4ccc(C(N)=O)cc4)cc23)c1. The van der Waals surface area contributed by atoms with Gasteiger partial charge in [-0.15, -0.1) is 0 Å². The number of nitrogens with zero attached hydrogens (tertiary/aromatic N) is 1. The van der Waals surface area contributed by atoms with Crippen molar-refractivity contribution in [3.63, 3.8) is 0 Å². The van der Waals surface area contributed by atoms with Crippen LogP contribution in [0.2, 0.25) is 0 Å². The second kappa shape index (κ2) is 7.00. The number of carbonyl (C=O) groups excluding carboxylic acids is 2. The van der Waals surface area contributed by atoms with E-state index in [1.54, 1.807) is 68.0 Å². The lowest BCUT2D eigenvalue weighted by molar-refractivity contribution is 0.0998. The van der Waals surface area contributed by atoms with Crippen molar-refractivity contribution in [2.24, 2.45) is 5.73 Å². The Hall–Kier alpha value is -3.93. The number of benzene rings is 2. The highest BCUT2D eigenvalue weighted by molar-refractivity contribution is 6.16. The van der Waals surface area contributed by atoms with Gasteiger partial charge in [0, 0.05) is 40.0 Å². The zero-order valence-electron chi connectivity index (χ0n) is 15.1. The molecule has 0 atom stereocenters. The minimum Gasteiger partial charge on any atom is -0.497 e. The molecule has 0 saturated heterocycles. The van der Waals surface area contributed by atoms with Crippen molar-refractivity contribution in [1.82, 2.24) is 9.97 Å². The number of hydrogen-bond acceptors (Lipinski definition) is 4. The van der Waals surface area contributed by atoms with Crippen molar-refractivity contribution >= 4 is 22.7 Å². The fourth-order valence-corrected chi connectivity index (χ4v) is 3.10. The molecule has 0 aliphatic carbocycles. The van der Waals surface area contributed by atoms with Gasteiger partial charge in [0.05, 0.1) is 7.11 Å². The van der Waals surface area contributed by atoms with Gasteiger partial charge in [0.2, 0.25) is 5.91 Å². The number of H-pyrrole nitrogens is 1. The molecule has 2 heterocycles. The zero-order chi connectivity index (χ0) is 19.7. The molecule has 0 spiro atoms. The predicted molar refractivity (Wildman–Crippen MR) is 106 cm³/mol. The molecule has 0 radical (unpaired) electrons. The van der Waals surface area contributed by atoms with Crippen LogP contribution < -0.4 is 10.5 Å². The van der Waals surface area contributed by atoms with E-state index in [4.69, 9.17) is 10.5 Å². The molecule has 138 valence electrons. The van der Waals surface area contributed by atoms with Crippen LogP contribution in [-0.4, -0.2) is 28.8 Å². The summed E-state index contributed by atoms with van der Waals surface area (Å²) >= 11 is 0. The Morgan fingerprint density at radius 3 is 2.50 bits per heavy atom. The highest BCUT2D eigenvalue weighted by atomic mass is 16.5. The number of pyridine rings is 1. The molecule has 1 amide bonds. The van der Waals surface area contributed by atoms with E-state index in [0.717, 1.165) is 16.5 Å². The maximum Gasteiger partial charge on any atom is 0.248 e. The minimum atomic E-state index is -0.475. The molecular weight excluding hydrogens is 354 g/mol. The number of aromatic nitrogens is 2. The van der Waals surface area contributed by atoms with Crippen LogP contribution in [0.25, 0.3) is 22.2 Å². The van der Waals surface area contributed by atoms with Gasteiger partial charge in [0.15, 0.2) is 5.78 Å². The van der Waals surface area contributed by atoms with Crippen LogP contribution >= 0.6 is 0 Å². The first-order valence-electron chi connectivity index (χ1n) is 8.63. The number of primary amides is 1. The van der Waals surface area contributed by atoms with Crippen LogP contribution in [0.15, 0.2) is 67.0 Å². The van der Waals surface area contributed by atoms with E-state index in [0.29, 0.717) is 28.1 Å². The molecule has 0 unspecified atom stereocenters. The van der Waals surface area contributed by atoms with E-state index in [2.05, 4.69) is 9.97 Å². The molecule has 2 aromatic carbocycles. The number of amides is 1. The molecule has 0 bridgehead atoms. The summed E-state index contributed by atoms with van der Waals surface area (Å²) in [7, 11) is 1.56. The number of nitrogens with two attached hydrogens (primary N) is 1. The summed E-state index contributed by atoms with van der Waals surface area (Å²) in [4.78, 5) is 31.7. The third-order valence-electron chi connectivity index (χ3n) is 4.61. The summed E-state index contributed by atoms with van der Waals surface area (Å²) < 4.78 is 5.21. The van der Waals surface area contributed by atoms with Gasteiger partial charge in [-0.1, -0.05) is 24.3 Å². The first kappa shape index (κ1) is 17.5. The minimum absolute atomic E-state index is 0.117. The lowest BCUT2D eigenvalue weighted by atomic mass is 10.0. The third-order valence-corrected chi connectivity index (χ3v) is 4.61. The van der Waals surface area contributed by atoms with Crippen LogP contribution in [0, 0.1) is 0 Å². The normalized spacial score (nSPS) is 10.8. The van der Waals surface area contributed by atoms with Crippen LogP contribution in [0.5, 0.6) is 5.75 Å². The van der Waals surface area contributed by atoms with Gasteiger partial charge in [-0.25, -0.2) is 4.98 Å². The Morgan fingerprint density at radius 2 is 1.79 bits per heavy atom. The molecule has 3 N–H and O–H groups in total. The number of ether oxygens (including phenoxy) is 1. The van der Waals surface area contributed by atoms with Gasteiger partial charge < -0.3 is 15.5 Å². The van der Waals surface area contributed by atoms with E-state index < -0.39 is 5.91 Å². The fraction of sp³-hybridized carbons (Fsp3) is 0.0455. The Kier molecular flexibility index (Phi) is 4.37. The van der Waals surface area contributed by atoms with Crippen molar-refractivity contribution in [2.45, 2.75) is 0 Å². The molecule has 4 aromatic rings. The summed E-state index contributed by atoms with van der Waals surface area (Å²) in [5.74, 6) is 0.0316. The molecule has 0 aliphatic heterocycles. The number of carbonyl (C=O) groups is 2. The molecule has 28 heavy (non-hydrogen) atoms. The lowest BCUT2D eigenvalue weighted by Gasteiger charge is -2.05. The number of rotatable bonds is 5. The Labute approximate surface area is 161 Å². The van der Waals surface area contributed by atoms with E-state index in [1.165, 1.54) is 0 Å². The van der Waals surface area contributed by atoms with E-state index in [-0.39, 0.29) is 5.78 Å². The molecule has 2 aromatic heterocycles. The van der Waals surface area contributed by atoms with Crippen molar-refractivity contribution in [3.8, 4) is 16.9 Å². The molecule has 4 rings (SSSR count). The summed E-state index contributed by atoms with van der Waals surface area (Å²) in [6, 6.07) is 15.9. The smallest absolute Gasteiger partial charge is 0.248 e. The third kappa shape index (κ3) is 3.12. The number of aromatic amines is 1. The number of hydrogen-bond donors (Lipinski definition) is 2. The standard InChI is InChI=1S/C22H17N3O3/c1-28-17-4-2-3-15(9-17)20(26)19-12-25-22-18(19)10-16(11-24-22)13-5-7-14(8-6-13)21(23)27/h2-12H,1H3,(H2,23,27)(H,24,25). The van der Waals surface area contributed by atoms with Crippen molar-refractivity contribution in [1.29, 1.82) is 0 Å². The van der Waals surface area contributed by atoms with Crippen molar-refractivity contribution < 1.29 is 14.3 Å². The Bertz CT molecular complexity index is 1190. The average Bonchev–Trinajstić information content (AvgIpc) is 3.16. The second-order valence-corrected chi connectivity index (χ2v) is 6.33. The first-order valence-corrected chi connectivity index (χ1v) is 8.63. The van der Waals surface area contributed by atoms with Crippen LogP contribution in [-0.2, 0) is 0 Å². The van der Waals surface area contributed by atoms with Crippen LogP contribution in [0.1, 0.15) is 26.3 Å². The lowest BCUT2D eigenvalue weighted by Crippen LogP contribution is -2.10. The summed E-state index contributed by atoms with van der Waals surface area (Å²) in [5.41, 5.74) is 9.14. The van der Waals surface area contributed by atoms with Gasteiger partial charge in [-0.3, -0.25) is 9.59 Å². The fourth-order valence-electron chi connectivity index (χ4n) is 3.10. The molecule has 0 aliphatic rings. The maximum atomic E-state index is 13.0. The van der Waals surface area contributed by atoms with Crippen LogP contribution in [0.4, 0.5) is 0 Å². The van der Waals surface area contributed by atoms with E-state index in [9.17, 15) is 9.59 Å². The monoisotopic (exact) mass is 371 g/mol. The van der Waals surface area contributed by atoms with E-state index >= 15 is 0 Å². The Morgan fingerprint density at radius 1 is 1.00 bits per heavy atom. The highest BCUT2D eigenvalue weighted by Crippen LogP contribution is 2.27. The molecule has 6 nitrogen and oxygen atoms in total. The summed E-state index contributed by atoms with van der Waals surface area (Å²) in [5, 5.41) is 0.726. The first-order chi connectivity index (χ1) is 13.6. The number of fused-ring (bicyclic) bond motifs is 1. The zero-order valence-corrected chi connectivity index (χ0v) is 15.1. The van der Waals surface area contributed by atoms with Gasteiger partial charge in [-0.2, -0.15) is 0 Å². The molecule has 6 heteroatoms. The van der Waals surface area contributed by atoms with Gasteiger partial charge >= 0.3 is 0 Å². The second-order valence-electron chi connectivity index (χ2n) is 6.33. The summed E-state index contributed by atoms with van der Waals surface area (Å²) in [6.07, 6.45) is 3.39. The number of methoxy groups -OCH3 is 1. The molecule has 0 fully saturated rings. The Balaban J connectivity index is 1.75. The van der Waals surface area contributed by atoms with Gasteiger partial charge in [0.1, 0.15) is 11.4 Å². The van der Waals surface area contributed by atoms with Crippen LogP contribution in [0.3, 0.4) is 0 Å². The predicted octanol–water partition coefficient (Wildman–Crippen LogP) is 3.57. The number of ketones is 1.